The Kier molecular flexibility index (Phi) is 4.68. The second-order valence-corrected chi connectivity index (χ2v) is 5.34. The van der Waals surface area contributed by atoms with Crippen LogP contribution in [0, 0.1) is 0 Å². The number of rotatable bonds is 5. The van der Waals surface area contributed by atoms with Crippen LogP contribution in [0.5, 0.6) is 0 Å². The molecular formula is C17H16ClN5. The molecule has 0 aliphatic carbocycles. The first-order chi connectivity index (χ1) is 11.2. The summed E-state index contributed by atoms with van der Waals surface area (Å²) >= 11 is 6.10. The highest BCUT2D eigenvalue weighted by molar-refractivity contribution is 6.31. The number of para-hydroxylation sites is 1. The Morgan fingerprint density at radius 3 is 2.30 bits per heavy atom. The first-order valence-corrected chi connectivity index (χ1v) is 7.58. The number of benzene rings is 2. The van der Waals surface area contributed by atoms with Gasteiger partial charge in [0.1, 0.15) is 0 Å². The monoisotopic (exact) mass is 325 g/mol. The third-order valence-electron chi connectivity index (χ3n) is 3.38. The SMILES string of the molecule is CN(c1ccccc1)c1nnc(Cl)c(NCc2ccccc2)n1. The Hall–Kier alpha value is -2.66. The van der Waals surface area contributed by atoms with Gasteiger partial charge in [0.15, 0.2) is 11.0 Å². The van der Waals surface area contributed by atoms with E-state index in [2.05, 4.69) is 20.5 Å². The third kappa shape index (κ3) is 3.76. The number of halogens is 1. The molecule has 2 aromatic carbocycles. The van der Waals surface area contributed by atoms with Crippen LogP contribution in [-0.4, -0.2) is 22.2 Å². The van der Waals surface area contributed by atoms with E-state index < -0.39 is 0 Å². The highest BCUT2D eigenvalue weighted by Crippen LogP contribution is 2.23. The van der Waals surface area contributed by atoms with E-state index in [1.807, 2.05) is 72.6 Å². The van der Waals surface area contributed by atoms with Crippen LogP contribution in [0.3, 0.4) is 0 Å². The Morgan fingerprint density at radius 2 is 1.61 bits per heavy atom. The molecular weight excluding hydrogens is 310 g/mol. The van der Waals surface area contributed by atoms with Gasteiger partial charge in [0, 0.05) is 19.3 Å². The Labute approximate surface area is 140 Å². The Bertz CT molecular complexity index is 764. The first-order valence-electron chi connectivity index (χ1n) is 7.21. The average molecular weight is 326 g/mol. The third-order valence-corrected chi connectivity index (χ3v) is 3.64. The number of hydrogen-bond donors (Lipinski definition) is 1. The van der Waals surface area contributed by atoms with Crippen LogP contribution in [0.2, 0.25) is 5.15 Å². The molecule has 0 aliphatic rings. The lowest BCUT2D eigenvalue weighted by Gasteiger charge is -2.17. The van der Waals surface area contributed by atoms with Crippen LogP contribution in [0.15, 0.2) is 60.7 Å². The van der Waals surface area contributed by atoms with Crippen molar-refractivity contribution in [1.29, 1.82) is 0 Å². The summed E-state index contributed by atoms with van der Waals surface area (Å²) < 4.78 is 0. The maximum atomic E-state index is 6.10. The van der Waals surface area contributed by atoms with Gasteiger partial charge < -0.3 is 10.2 Å². The van der Waals surface area contributed by atoms with Gasteiger partial charge in [0.05, 0.1) is 0 Å². The van der Waals surface area contributed by atoms with Crippen molar-refractivity contribution in [3.05, 3.63) is 71.4 Å². The lowest BCUT2D eigenvalue weighted by Crippen LogP contribution is -2.15. The molecule has 0 radical (unpaired) electrons. The molecule has 1 N–H and O–H groups in total. The van der Waals surface area contributed by atoms with Gasteiger partial charge >= 0.3 is 0 Å². The van der Waals surface area contributed by atoms with Gasteiger partial charge in [0.25, 0.3) is 5.95 Å². The van der Waals surface area contributed by atoms with E-state index in [0.29, 0.717) is 18.3 Å². The number of anilines is 3. The molecule has 0 atom stereocenters. The van der Waals surface area contributed by atoms with Crippen molar-refractivity contribution in [3.8, 4) is 0 Å². The second-order valence-electron chi connectivity index (χ2n) is 4.98. The van der Waals surface area contributed by atoms with E-state index in [1.54, 1.807) is 0 Å². The average Bonchev–Trinajstić information content (AvgIpc) is 2.62. The number of hydrogen-bond acceptors (Lipinski definition) is 5. The number of nitrogens with zero attached hydrogens (tertiary/aromatic N) is 4. The van der Waals surface area contributed by atoms with Crippen LogP contribution in [0.25, 0.3) is 0 Å². The fourth-order valence-corrected chi connectivity index (χ4v) is 2.25. The van der Waals surface area contributed by atoms with Gasteiger partial charge in [-0.3, -0.25) is 0 Å². The zero-order valence-corrected chi connectivity index (χ0v) is 13.4. The summed E-state index contributed by atoms with van der Waals surface area (Å²) in [5.41, 5.74) is 2.12. The molecule has 3 rings (SSSR count). The molecule has 0 amide bonds. The van der Waals surface area contributed by atoms with Crippen molar-refractivity contribution in [1.82, 2.24) is 15.2 Å². The Balaban J connectivity index is 1.79. The molecule has 0 unspecified atom stereocenters. The van der Waals surface area contributed by atoms with Crippen molar-refractivity contribution in [2.24, 2.45) is 0 Å². The van der Waals surface area contributed by atoms with Gasteiger partial charge in [-0.15, -0.1) is 10.2 Å². The first kappa shape index (κ1) is 15.2. The van der Waals surface area contributed by atoms with Gasteiger partial charge in [0.2, 0.25) is 0 Å². The van der Waals surface area contributed by atoms with Crippen molar-refractivity contribution < 1.29 is 0 Å². The number of nitrogens with one attached hydrogen (secondary N) is 1. The maximum absolute atomic E-state index is 6.10. The van der Waals surface area contributed by atoms with Crippen LogP contribution >= 0.6 is 11.6 Å². The fourth-order valence-electron chi connectivity index (χ4n) is 2.11. The standard InChI is InChI=1S/C17H16ClN5/c1-23(14-10-6-3-7-11-14)17-20-16(15(18)21-22-17)19-12-13-8-4-2-5-9-13/h2-11H,12H2,1H3,(H,19,20,22). The second kappa shape index (κ2) is 7.07. The molecule has 3 aromatic rings. The van der Waals surface area contributed by atoms with E-state index >= 15 is 0 Å². The molecule has 0 spiro atoms. The van der Waals surface area contributed by atoms with Crippen LogP contribution < -0.4 is 10.2 Å². The van der Waals surface area contributed by atoms with E-state index in [0.717, 1.165) is 11.3 Å². The van der Waals surface area contributed by atoms with Crippen molar-refractivity contribution in [2.45, 2.75) is 6.54 Å². The summed E-state index contributed by atoms with van der Waals surface area (Å²) in [6.07, 6.45) is 0. The van der Waals surface area contributed by atoms with E-state index in [9.17, 15) is 0 Å². The zero-order chi connectivity index (χ0) is 16.1. The van der Waals surface area contributed by atoms with Crippen LogP contribution in [0.1, 0.15) is 5.56 Å². The van der Waals surface area contributed by atoms with E-state index in [4.69, 9.17) is 11.6 Å². The smallest absolute Gasteiger partial charge is 0.251 e. The minimum atomic E-state index is 0.256. The molecule has 1 aromatic heterocycles. The molecule has 0 bridgehead atoms. The van der Waals surface area contributed by atoms with Gasteiger partial charge in [-0.25, -0.2) is 0 Å². The lowest BCUT2D eigenvalue weighted by atomic mass is 10.2. The fraction of sp³-hybridized carbons (Fsp3) is 0.118. The summed E-state index contributed by atoms with van der Waals surface area (Å²) in [5, 5.41) is 11.5. The van der Waals surface area contributed by atoms with Crippen molar-refractivity contribution >= 4 is 29.1 Å². The van der Waals surface area contributed by atoms with Crippen molar-refractivity contribution in [3.63, 3.8) is 0 Å². The zero-order valence-electron chi connectivity index (χ0n) is 12.6. The predicted molar refractivity (Wildman–Crippen MR) is 93.1 cm³/mol. The molecule has 0 fully saturated rings. The molecule has 23 heavy (non-hydrogen) atoms. The quantitative estimate of drug-likeness (QED) is 0.771. The summed E-state index contributed by atoms with van der Waals surface area (Å²) in [4.78, 5) is 6.33. The van der Waals surface area contributed by atoms with E-state index in [-0.39, 0.29) is 5.15 Å². The summed E-state index contributed by atoms with van der Waals surface area (Å²) in [5.74, 6) is 1.000. The minimum absolute atomic E-state index is 0.256. The Morgan fingerprint density at radius 1 is 0.957 bits per heavy atom. The highest BCUT2D eigenvalue weighted by atomic mass is 35.5. The predicted octanol–water partition coefficient (Wildman–Crippen LogP) is 3.91. The topological polar surface area (TPSA) is 53.9 Å². The van der Waals surface area contributed by atoms with Crippen LogP contribution in [-0.2, 0) is 6.54 Å². The lowest BCUT2D eigenvalue weighted by molar-refractivity contribution is 0.922. The van der Waals surface area contributed by atoms with Gasteiger partial charge in [-0.05, 0) is 17.7 Å². The largest absolute Gasteiger partial charge is 0.363 e. The van der Waals surface area contributed by atoms with Gasteiger partial charge in [-0.2, -0.15) is 4.98 Å². The van der Waals surface area contributed by atoms with Gasteiger partial charge in [-0.1, -0.05) is 60.1 Å². The molecule has 1 heterocycles. The summed E-state index contributed by atoms with van der Waals surface area (Å²) in [6, 6.07) is 19.9. The number of aromatic nitrogens is 3. The molecule has 6 heteroatoms. The van der Waals surface area contributed by atoms with Crippen LogP contribution in [0.4, 0.5) is 17.5 Å². The summed E-state index contributed by atoms with van der Waals surface area (Å²) in [6.45, 7) is 0.619. The normalized spacial score (nSPS) is 10.3. The molecule has 0 aliphatic heterocycles. The molecule has 0 saturated heterocycles. The van der Waals surface area contributed by atoms with E-state index in [1.165, 1.54) is 0 Å². The minimum Gasteiger partial charge on any atom is -0.363 e. The summed E-state index contributed by atoms with van der Waals surface area (Å²) in [7, 11) is 1.89. The molecule has 0 saturated carbocycles. The van der Waals surface area contributed by atoms with Crippen molar-refractivity contribution in [2.75, 3.05) is 17.3 Å². The highest BCUT2D eigenvalue weighted by Gasteiger charge is 2.11. The molecule has 116 valence electrons. The maximum Gasteiger partial charge on any atom is 0.251 e. The molecule has 5 nitrogen and oxygen atoms in total.